The van der Waals surface area contributed by atoms with Crippen LogP contribution in [0.25, 0.3) is 0 Å². The number of nitrogens with two attached hydrogens (primary N) is 2. The van der Waals surface area contributed by atoms with E-state index in [-0.39, 0.29) is 23.8 Å². The summed E-state index contributed by atoms with van der Waals surface area (Å²) >= 11 is 0. The first-order valence-electron chi connectivity index (χ1n) is 9.79. The van der Waals surface area contributed by atoms with E-state index in [1.54, 1.807) is 0 Å². The van der Waals surface area contributed by atoms with E-state index in [1.807, 2.05) is 18.2 Å². The van der Waals surface area contributed by atoms with Crippen LogP contribution in [0.4, 0.5) is 26.1 Å². The first-order valence-corrected chi connectivity index (χ1v) is 9.79. The minimum atomic E-state index is -2.93. The zero-order valence-electron chi connectivity index (χ0n) is 15.9. The monoisotopic (exact) mass is 402 g/mol. The van der Waals surface area contributed by atoms with Gasteiger partial charge < -0.3 is 22.1 Å². The first-order chi connectivity index (χ1) is 13.8. The summed E-state index contributed by atoms with van der Waals surface area (Å²) < 4.78 is 27.8. The van der Waals surface area contributed by atoms with Gasteiger partial charge >= 0.3 is 0 Å². The summed E-state index contributed by atoms with van der Waals surface area (Å²) in [6, 6.07) is 4.02. The molecule has 2 atom stereocenters. The van der Waals surface area contributed by atoms with Crippen molar-refractivity contribution in [3.05, 3.63) is 41.2 Å². The molecule has 6 N–H and O–H groups in total. The number of halogens is 2. The van der Waals surface area contributed by atoms with E-state index in [2.05, 4.69) is 20.6 Å². The van der Waals surface area contributed by atoms with Gasteiger partial charge in [0.25, 0.3) is 11.8 Å². The number of amides is 1. The number of nitrogens with one attached hydrogen (secondary N) is 2. The predicted octanol–water partition coefficient (Wildman–Crippen LogP) is 2.73. The maximum atomic E-state index is 13.9. The second kappa shape index (κ2) is 7.55. The Morgan fingerprint density at radius 1 is 1.21 bits per heavy atom. The Labute approximate surface area is 167 Å². The van der Waals surface area contributed by atoms with Crippen molar-refractivity contribution >= 4 is 23.2 Å². The summed E-state index contributed by atoms with van der Waals surface area (Å²) in [4.78, 5) is 20.2. The van der Waals surface area contributed by atoms with Gasteiger partial charge in [-0.15, -0.1) is 0 Å². The largest absolute Gasteiger partial charge is 0.364 e. The van der Waals surface area contributed by atoms with Gasteiger partial charge in [-0.2, -0.15) is 0 Å². The lowest BCUT2D eigenvalue weighted by Gasteiger charge is -2.36. The second-order valence-corrected chi connectivity index (χ2v) is 7.71. The molecule has 1 aromatic carbocycles. The van der Waals surface area contributed by atoms with Crippen molar-refractivity contribution in [1.82, 2.24) is 9.97 Å². The summed E-state index contributed by atoms with van der Waals surface area (Å²) in [6.45, 7) is 0. The van der Waals surface area contributed by atoms with Gasteiger partial charge in [-0.3, -0.25) is 4.79 Å². The number of anilines is 3. The predicted molar refractivity (Wildman–Crippen MR) is 106 cm³/mol. The fourth-order valence-electron chi connectivity index (χ4n) is 4.06. The zero-order chi connectivity index (χ0) is 20.6. The van der Waals surface area contributed by atoms with Crippen LogP contribution in [0.15, 0.2) is 24.4 Å². The lowest BCUT2D eigenvalue weighted by molar-refractivity contribution is -0.0554. The molecule has 2 aliphatic rings. The van der Waals surface area contributed by atoms with Crippen molar-refractivity contribution in [2.75, 3.05) is 10.6 Å². The van der Waals surface area contributed by atoms with E-state index in [9.17, 15) is 13.6 Å². The van der Waals surface area contributed by atoms with Crippen LogP contribution in [0.3, 0.4) is 0 Å². The van der Waals surface area contributed by atoms with Crippen LogP contribution in [0.2, 0.25) is 0 Å². The Hall–Kier alpha value is -2.81. The van der Waals surface area contributed by atoms with Gasteiger partial charge in [0.2, 0.25) is 0 Å². The van der Waals surface area contributed by atoms with Crippen LogP contribution < -0.4 is 22.1 Å². The number of alkyl halides is 2. The molecular weight excluding hydrogens is 378 g/mol. The molecule has 1 fully saturated rings. The molecule has 1 amide bonds. The third-order valence-electron chi connectivity index (χ3n) is 5.65. The van der Waals surface area contributed by atoms with Gasteiger partial charge in [0.1, 0.15) is 5.82 Å². The van der Waals surface area contributed by atoms with Crippen LogP contribution in [-0.2, 0) is 12.8 Å². The molecule has 2 aliphatic carbocycles. The minimum absolute atomic E-state index is 0.0191. The lowest BCUT2D eigenvalue weighted by Crippen LogP contribution is -2.55. The Morgan fingerprint density at radius 3 is 2.79 bits per heavy atom. The molecule has 0 aliphatic heterocycles. The number of hydrogen-bond acceptors (Lipinski definition) is 6. The highest BCUT2D eigenvalue weighted by Gasteiger charge is 2.44. The maximum Gasteiger partial charge on any atom is 0.271 e. The topological polar surface area (TPSA) is 119 Å². The standard InChI is InChI=1S/C20H24F2N6O/c21-20(22)8-2-5-14(17(20)23)27-15-10-25-16(18(24)29)19(28-15)26-13-7-6-11-3-1-4-12(11)9-13/h6-7,9-10,14,17H,1-5,8,23H2,(H2,24,29)(H2,26,27,28)/t14-,17-/m1/s1. The molecule has 0 radical (unpaired) electrons. The van der Waals surface area contributed by atoms with E-state index in [0.29, 0.717) is 12.8 Å². The molecule has 29 heavy (non-hydrogen) atoms. The van der Waals surface area contributed by atoms with Crippen LogP contribution in [-0.4, -0.2) is 33.9 Å². The van der Waals surface area contributed by atoms with Crippen molar-refractivity contribution in [2.24, 2.45) is 11.5 Å². The van der Waals surface area contributed by atoms with Gasteiger partial charge in [-0.1, -0.05) is 6.07 Å². The van der Waals surface area contributed by atoms with Gasteiger partial charge in [-0.25, -0.2) is 18.7 Å². The van der Waals surface area contributed by atoms with Gasteiger partial charge in [0.05, 0.1) is 12.2 Å². The van der Waals surface area contributed by atoms with E-state index >= 15 is 0 Å². The third-order valence-corrected chi connectivity index (χ3v) is 5.65. The molecule has 0 bridgehead atoms. The highest BCUT2D eigenvalue weighted by Crippen LogP contribution is 2.34. The van der Waals surface area contributed by atoms with Crippen molar-refractivity contribution in [2.45, 2.75) is 56.5 Å². The number of aryl methyl sites for hydroxylation is 2. The van der Waals surface area contributed by atoms with Gasteiger partial charge in [-0.05, 0) is 55.4 Å². The molecule has 1 aromatic heterocycles. The second-order valence-electron chi connectivity index (χ2n) is 7.71. The number of rotatable bonds is 5. The molecule has 2 aromatic rings. The van der Waals surface area contributed by atoms with Crippen LogP contribution in [0.5, 0.6) is 0 Å². The molecule has 154 valence electrons. The lowest BCUT2D eigenvalue weighted by atomic mass is 9.87. The Kier molecular flexibility index (Phi) is 5.08. The van der Waals surface area contributed by atoms with Crippen molar-refractivity contribution < 1.29 is 13.6 Å². The smallest absolute Gasteiger partial charge is 0.271 e. The van der Waals surface area contributed by atoms with E-state index in [1.165, 1.54) is 17.3 Å². The van der Waals surface area contributed by atoms with Crippen LogP contribution in [0, 0.1) is 0 Å². The molecule has 0 unspecified atom stereocenters. The number of aromatic nitrogens is 2. The Bertz CT molecular complexity index is 935. The van der Waals surface area contributed by atoms with Crippen LogP contribution >= 0.6 is 0 Å². The Morgan fingerprint density at radius 2 is 2.00 bits per heavy atom. The summed E-state index contributed by atoms with van der Waals surface area (Å²) in [5.41, 5.74) is 14.5. The first kappa shape index (κ1) is 19.5. The van der Waals surface area contributed by atoms with Gasteiger partial charge in [0, 0.05) is 18.2 Å². The number of fused-ring (bicyclic) bond motifs is 1. The number of hydrogen-bond donors (Lipinski definition) is 4. The maximum absolute atomic E-state index is 13.9. The average Bonchev–Trinajstić information content (AvgIpc) is 3.13. The number of carbonyl (C=O) groups is 1. The summed E-state index contributed by atoms with van der Waals surface area (Å²) in [5.74, 6) is -3.22. The quantitative estimate of drug-likeness (QED) is 0.611. The molecule has 0 spiro atoms. The highest BCUT2D eigenvalue weighted by molar-refractivity contribution is 5.96. The number of carbonyl (C=O) groups excluding carboxylic acids is 1. The van der Waals surface area contributed by atoms with E-state index < -0.39 is 23.9 Å². The molecule has 0 saturated heterocycles. The van der Waals surface area contributed by atoms with Crippen molar-refractivity contribution in [1.29, 1.82) is 0 Å². The van der Waals surface area contributed by atoms with Gasteiger partial charge in [0.15, 0.2) is 11.5 Å². The zero-order valence-corrected chi connectivity index (χ0v) is 15.9. The fraction of sp³-hybridized carbons (Fsp3) is 0.450. The molecule has 1 saturated carbocycles. The summed E-state index contributed by atoms with van der Waals surface area (Å²) in [6.07, 6.45) is 5.16. The normalized spacial score (nSPS) is 22.7. The molecule has 4 rings (SSSR count). The molecule has 7 nitrogen and oxygen atoms in total. The fourth-order valence-corrected chi connectivity index (χ4v) is 4.06. The number of primary amides is 1. The Balaban J connectivity index is 1.58. The van der Waals surface area contributed by atoms with E-state index in [4.69, 9.17) is 11.5 Å². The minimum Gasteiger partial charge on any atom is -0.364 e. The van der Waals surface area contributed by atoms with Crippen molar-refractivity contribution in [3.8, 4) is 0 Å². The highest BCUT2D eigenvalue weighted by atomic mass is 19.3. The molecule has 1 heterocycles. The molecular formula is C20H24F2N6O. The summed E-state index contributed by atoms with van der Waals surface area (Å²) in [5, 5.41) is 6.04. The molecule has 9 heteroatoms. The van der Waals surface area contributed by atoms with Crippen molar-refractivity contribution in [3.63, 3.8) is 0 Å². The SMILES string of the molecule is NC(=O)c1ncc(N[C@@H]2CCCC(F)(F)[C@@H]2N)nc1Nc1ccc2c(c1)CCC2. The average molecular weight is 402 g/mol. The number of nitrogens with zero attached hydrogens (tertiary/aromatic N) is 2. The number of benzene rings is 1. The summed E-state index contributed by atoms with van der Waals surface area (Å²) in [7, 11) is 0. The van der Waals surface area contributed by atoms with Crippen LogP contribution in [0.1, 0.15) is 47.3 Å². The third kappa shape index (κ3) is 4.00. The van der Waals surface area contributed by atoms with E-state index in [0.717, 1.165) is 24.9 Å².